The molecule has 1 fully saturated rings. The van der Waals surface area contributed by atoms with Gasteiger partial charge in [-0.05, 0) is 43.0 Å². The summed E-state index contributed by atoms with van der Waals surface area (Å²) in [6.45, 7) is 5.43. The second-order valence-corrected chi connectivity index (χ2v) is 7.93. The molecule has 2 aromatic heterocycles. The number of nitrogens with one attached hydrogen (secondary N) is 1. The fourth-order valence-electron chi connectivity index (χ4n) is 3.87. The number of hydrogen-bond donors (Lipinski definition) is 1. The summed E-state index contributed by atoms with van der Waals surface area (Å²) in [6, 6.07) is 7.48. The van der Waals surface area contributed by atoms with Gasteiger partial charge >= 0.3 is 0 Å². The Morgan fingerprint density at radius 2 is 1.86 bits per heavy atom. The zero-order valence-corrected chi connectivity index (χ0v) is 16.1. The van der Waals surface area contributed by atoms with Gasteiger partial charge in [-0.3, -0.25) is 9.78 Å². The van der Waals surface area contributed by atoms with Crippen molar-refractivity contribution in [2.24, 2.45) is 5.41 Å². The van der Waals surface area contributed by atoms with Crippen LogP contribution in [0, 0.1) is 29.8 Å². The molecule has 1 atom stereocenters. The van der Waals surface area contributed by atoms with E-state index in [1.165, 1.54) is 29.1 Å². The minimum Gasteiger partial charge on any atom is -0.308 e. The van der Waals surface area contributed by atoms with Crippen molar-refractivity contribution in [3.63, 3.8) is 0 Å². The molecule has 0 bridgehead atoms. The van der Waals surface area contributed by atoms with Gasteiger partial charge in [0, 0.05) is 24.0 Å². The SMILES string of the molecule is Cc1cc(NC(=O)C2(c3ncccc3F)CC2(C)C)nn1-c1ccc(F)cc1F. The molecular formula is C21H19F3N4O. The Kier molecular flexibility index (Phi) is 4.25. The Labute approximate surface area is 165 Å². The summed E-state index contributed by atoms with van der Waals surface area (Å²) in [5.74, 6) is -2.24. The molecule has 0 spiro atoms. The molecular weight excluding hydrogens is 381 g/mol. The first-order chi connectivity index (χ1) is 13.7. The van der Waals surface area contributed by atoms with Crippen LogP contribution in [0.3, 0.4) is 0 Å². The maximum absolute atomic E-state index is 14.4. The molecule has 4 rings (SSSR count). The van der Waals surface area contributed by atoms with Crippen LogP contribution in [0.5, 0.6) is 0 Å². The van der Waals surface area contributed by atoms with Crippen LogP contribution in [-0.4, -0.2) is 20.7 Å². The topological polar surface area (TPSA) is 59.8 Å². The van der Waals surface area contributed by atoms with Crippen LogP contribution in [0.15, 0.2) is 42.6 Å². The summed E-state index contributed by atoms with van der Waals surface area (Å²) in [5, 5.41) is 6.94. The van der Waals surface area contributed by atoms with Gasteiger partial charge in [-0.15, -0.1) is 5.10 Å². The number of pyridine rings is 1. The van der Waals surface area contributed by atoms with Crippen LogP contribution < -0.4 is 5.32 Å². The third-order valence-corrected chi connectivity index (χ3v) is 5.55. The van der Waals surface area contributed by atoms with E-state index in [4.69, 9.17) is 0 Å². The minimum absolute atomic E-state index is 0.0571. The minimum atomic E-state index is -1.11. The standard InChI is InChI=1S/C21H19F3N4O/c1-12-9-17(27-28(12)16-7-6-13(22)10-15(16)24)26-19(29)21(11-20(21,2)3)18-14(23)5-4-8-25-18/h4-10H,11H2,1-3H3,(H,26,27,29). The van der Waals surface area contributed by atoms with Gasteiger partial charge in [-0.1, -0.05) is 13.8 Å². The highest BCUT2D eigenvalue weighted by Gasteiger charge is 2.69. The number of nitrogens with zero attached hydrogens (tertiary/aromatic N) is 3. The second kappa shape index (κ2) is 6.43. The number of halogens is 3. The third kappa shape index (κ3) is 2.99. The van der Waals surface area contributed by atoms with Crippen LogP contribution in [0.2, 0.25) is 0 Å². The van der Waals surface area contributed by atoms with Crippen LogP contribution in [-0.2, 0) is 10.2 Å². The maximum atomic E-state index is 14.4. The van der Waals surface area contributed by atoms with Gasteiger partial charge in [0.2, 0.25) is 5.91 Å². The summed E-state index contributed by atoms with van der Waals surface area (Å²) in [6.07, 6.45) is 1.89. The Hall–Kier alpha value is -3.16. The number of benzene rings is 1. The zero-order chi connectivity index (χ0) is 21.0. The lowest BCUT2D eigenvalue weighted by Gasteiger charge is -2.19. The van der Waals surface area contributed by atoms with E-state index < -0.39 is 34.2 Å². The van der Waals surface area contributed by atoms with E-state index in [1.807, 2.05) is 13.8 Å². The van der Waals surface area contributed by atoms with Gasteiger partial charge in [-0.2, -0.15) is 0 Å². The average molecular weight is 400 g/mol. The molecule has 150 valence electrons. The highest BCUT2D eigenvalue weighted by molar-refractivity contribution is 6.01. The summed E-state index contributed by atoms with van der Waals surface area (Å²) in [4.78, 5) is 17.3. The van der Waals surface area contributed by atoms with E-state index in [0.29, 0.717) is 12.1 Å². The van der Waals surface area contributed by atoms with E-state index in [2.05, 4.69) is 15.4 Å². The van der Waals surface area contributed by atoms with E-state index in [1.54, 1.807) is 13.0 Å². The fourth-order valence-corrected chi connectivity index (χ4v) is 3.87. The molecule has 8 heteroatoms. The number of anilines is 1. The smallest absolute Gasteiger partial charge is 0.238 e. The largest absolute Gasteiger partial charge is 0.308 e. The van der Waals surface area contributed by atoms with Crippen molar-refractivity contribution in [1.29, 1.82) is 0 Å². The van der Waals surface area contributed by atoms with Crippen LogP contribution in [0.4, 0.5) is 19.0 Å². The quantitative estimate of drug-likeness (QED) is 0.710. The Balaban J connectivity index is 1.66. The number of amides is 1. The summed E-state index contributed by atoms with van der Waals surface area (Å²) < 4.78 is 43.0. The third-order valence-electron chi connectivity index (χ3n) is 5.55. The average Bonchev–Trinajstić information content (AvgIpc) is 3.05. The predicted octanol–water partition coefficient (Wildman–Crippen LogP) is 4.30. The number of aryl methyl sites for hydroxylation is 1. The van der Waals surface area contributed by atoms with Crippen molar-refractivity contribution >= 4 is 11.7 Å². The molecule has 29 heavy (non-hydrogen) atoms. The second-order valence-electron chi connectivity index (χ2n) is 7.93. The lowest BCUT2D eigenvalue weighted by Crippen LogP contribution is -2.34. The van der Waals surface area contributed by atoms with Gasteiger partial charge in [0.1, 0.15) is 22.7 Å². The molecule has 0 radical (unpaired) electrons. The van der Waals surface area contributed by atoms with Gasteiger partial charge < -0.3 is 5.32 Å². The molecule has 1 aliphatic rings. The molecule has 0 saturated heterocycles. The molecule has 5 nitrogen and oxygen atoms in total. The van der Waals surface area contributed by atoms with Gasteiger partial charge in [-0.25, -0.2) is 17.9 Å². The van der Waals surface area contributed by atoms with Crippen molar-refractivity contribution in [2.45, 2.75) is 32.6 Å². The molecule has 1 aliphatic carbocycles. The van der Waals surface area contributed by atoms with Crippen LogP contribution >= 0.6 is 0 Å². The summed E-state index contributed by atoms with van der Waals surface area (Å²) in [7, 11) is 0. The monoisotopic (exact) mass is 400 g/mol. The highest BCUT2D eigenvalue weighted by atomic mass is 19.1. The molecule has 2 heterocycles. The number of rotatable bonds is 4. The van der Waals surface area contributed by atoms with Crippen molar-refractivity contribution in [2.75, 3.05) is 5.32 Å². The highest BCUT2D eigenvalue weighted by Crippen LogP contribution is 2.64. The first-order valence-corrected chi connectivity index (χ1v) is 9.10. The normalized spacial score (nSPS) is 19.8. The lowest BCUT2D eigenvalue weighted by molar-refractivity contribution is -0.119. The van der Waals surface area contributed by atoms with Crippen LogP contribution in [0.1, 0.15) is 31.7 Å². The van der Waals surface area contributed by atoms with Crippen molar-refractivity contribution < 1.29 is 18.0 Å². The molecule has 1 amide bonds. The van der Waals surface area contributed by atoms with E-state index in [-0.39, 0.29) is 17.2 Å². The molecule has 3 aromatic rings. The Morgan fingerprint density at radius 1 is 1.14 bits per heavy atom. The van der Waals surface area contributed by atoms with Crippen molar-refractivity contribution in [3.8, 4) is 5.69 Å². The summed E-state index contributed by atoms with van der Waals surface area (Å²) >= 11 is 0. The number of carbonyl (C=O) groups excluding carboxylic acids is 1. The number of aromatic nitrogens is 3. The molecule has 1 aromatic carbocycles. The van der Waals surface area contributed by atoms with Gasteiger partial charge in [0.05, 0.1) is 5.69 Å². The molecule has 1 N–H and O–H groups in total. The van der Waals surface area contributed by atoms with Gasteiger partial charge in [0.15, 0.2) is 11.6 Å². The Bertz CT molecular complexity index is 1120. The number of hydrogen-bond acceptors (Lipinski definition) is 3. The fraction of sp³-hybridized carbons (Fsp3) is 0.286. The van der Waals surface area contributed by atoms with Crippen molar-refractivity contribution in [3.05, 3.63) is 71.4 Å². The zero-order valence-electron chi connectivity index (χ0n) is 16.1. The van der Waals surface area contributed by atoms with E-state index in [0.717, 1.165) is 12.1 Å². The number of carbonyl (C=O) groups is 1. The first-order valence-electron chi connectivity index (χ1n) is 9.10. The lowest BCUT2D eigenvalue weighted by atomic mass is 9.90. The first kappa shape index (κ1) is 19.2. The van der Waals surface area contributed by atoms with E-state index in [9.17, 15) is 18.0 Å². The predicted molar refractivity (Wildman–Crippen MR) is 101 cm³/mol. The van der Waals surface area contributed by atoms with Gasteiger partial charge in [0.25, 0.3) is 0 Å². The van der Waals surface area contributed by atoms with Crippen molar-refractivity contribution in [1.82, 2.24) is 14.8 Å². The van der Waals surface area contributed by atoms with E-state index >= 15 is 0 Å². The van der Waals surface area contributed by atoms with Crippen LogP contribution in [0.25, 0.3) is 5.69 Å². The molecule has 0 aliphatic heterocycles. The maximum Gasteiger partial charge on any atom is 0.238 e. The Morgan fingerprint density at radius 3 is 2.48 bits per heavy atom. The molecule has 1 unspecified atom stereocenters. The molecule has 1 saturated carbocycles. The summed E-state index contributed by atoms with van der Waals surface area (Å²) in [5.41, 5.74) is -0.895.